The number of hydrogen-bond acceptors (Lipinski definition) is 6. The zero-order valence-electron chi connectivity index (χ0n) is 15.1. The van der Waals surface area contributed by atoms with Crippen LogP contribution in [0.5, 0.6) is 5.75 Å². The Hall–Kier alpha value is -2.93. The second kappa shape index (κ2) is 6.31. The number of halogens is 1. The summed E-state index contributed by atoms with van der Waals surface area (Å²) in [6, 6.07) is 13.1. The third-order valence-electron chi connectivity index (χ3n) is 5.92. The van der Waals surface area contributed by atoms with E-state index in [1.807, 2.05) is 23.1 Å². The van der Waals surface area contributed by atoms with Gasteiger partial charge in [-0.2, -0.15) is 0 Å². The smallest absolute Gasteiger partial charge is 0.200 e. The van der Waals surface area contributed by atoms with E-state index in [1.165, 1.54) is 12.1 Å². The topological polar surface area (TPSA) is 74.2 Å². The molecule has 2 aromatic carbocycles. The normalized spacial score (nSPS) is 29.6. The third kappa shape index (κ3) is 2.50. The van der Waals surface area contributed by atoms with Crippen LogP contribution in [-0.2, 0) is 4.79 Å². The van der Waals surface area contributed by atoms with Gasteiger partial charge in [-0.05, 0) is 36.4 Å². The maximum absolute atomic E-state index is 13.6. The Balaban J connectivity index is 1.48. The van der Waals surface area contributed by atoms with Crippen molar-refractivity contribution in [1.29, 1.82) is 0 Å². The summed E-state index contributed by atoms with van der Waals surface area (Å²) >= 11 is 0. The van der Waals surface area contributed by atoms with E-state index in [9.17, 15) is 14.4 Å². The first-order valence-electron chi connectivity index (χ1n) is 9.41. The van der Waals surface area contributed by atoms with Crippen LogP contribution in [0.25, 0.3) is 0 Å². The number of nitrogens with one attached hydrogen (secondary N) is 1. The number of carbonyl (C=O) groups excluding carboxylic acids is 1. The van der Waals surface area contributed by atoms with Gasteiger partial charge in [0.2, 0.25) is 5.78 Å². The molecule has 2 fully saturated rings. The van der Waals surface area contributed by atoms with Crippen LogP contribution in [0.1, 0.15) is 12.0 Å². The van der Waals surface area contributed by atoms with Crippen molar-refractivity contribution >= 4 is 17.2 Å². The van der Waals surface area contributed by atoms with Crippen molar-refractivity contribution < 1.29 is 19.1 Å². The molecule has 0 radical (unpaired) electrons. The summed E-state index contributed by atoms with van der Waals surface area (Å²) < 4.78 is 19.5. The van der Waals surface area contributed by atoms with Crippen LogP contribution in [0, 0.1) is 11.7 Å². The van der Waals surface area contributed by atoms with E-state index in [2.05, 4.69) is 10.5 Å². The molecule has 3 atom stereocenters. The summed E-state index contributed by atoms with van der Waals surface area (Å²) in [5.41, 5.74) is 1.04. The summed E-state index contributed by atoms with van der Waals surface area (Å²) in [7, 11) is 0. The van der Waals surface area contributed by atoms with Crippen molar-refractivity contribution in [3.63, 3.8) is 0 Å². The van der Waals surface area contributed by atoms with Crippen LogP contribution in [0.3, 0.4) is 0 Å². The lowest BCUT2D eigenvalue weighted by molar-refractivity contribution is -0.129. The predicted molar refractivity (Wildman–Crippen MR) is 102 cm³/mol. The van der Waals surface area contributed by atoms with Gasteiger partial charge < -0.3 is 20.2 Å². The number of carbonyl (C=O) groups is 1. The number of piperazine rings is 1. The molecule has 7 heteroatoms. The average molecular weight is 381 g/mol. The highest BCUT2D eigenvalue weighted by atomic mass is 19.1. The fourth-order valence-corrected chi connectivity index (χ4v) is 4.43. The number of nitrogens with zero attached hydrogens (tertiary/aromatic N) is 2. The SMILES string of the molecule is O=C(C1CNCCN1c1ccc(F)cc1)C12CC1C(=NO)c1ccccc1O2. The molecule has 0 aromatic heterocycles. The standard InChI is InChI=1S/C21H20FN3O3/c22-13-5-7-14(8-6-13)25-10-9-23-12-17(25)20(26)21-11-16(21)19(24-27)15-3-1-2-4-18(15)28-21/h1-8,16-17,23,27H,9-12H2. The van der Waals surface area contributed by atoms with Crippen molar-refractivity contribution in [3.05, 3.63) is 59.9 Å². The first-order chi connectivity index (χ1) is 13.6. The number of benzene rings is 2. The number of ketones is 1. The lowest BCUT2D eigenvalue weighted by Gasteiger charge is -2.39. The highest BCUT2D eigenvalue weighted by Gasteiger charge is 2.69. The zero-order chi connectivity index (χ0) is 19.3. The maximum Gasteiger partial charge on any atom is 0.200 e. The monoisotopic (exact) mass is 381 g/mol. The number of anilines is 1. The van der Waals surface area contributed by atoms with Gasteiger partial charge in [-0.3, -0.25) is 4.79 Å². The Labute approximate surface area is 161 Å². The van der Waals surface area contributed by atoms with E-state index < -0.39 is 11.6 Å². The molecule has 1 aliphatic carbocycles. The highest BCUT2D eigenvalue weighted by Crippen LogP contribution is 2.55. The Morgan fingerprint density at radius 3 is 2.82 bits per heavy atom. The molecule has 5 rings (SSSR count). The molecular weight excluding hydrogens is 361 g/mol. The summed E-state index contributed by atoms with van der Waals surface area (Å²) in [5.74, 6) is -0.0327. The largest absolute Gasteiger partial charge is 0.478 e. The highest BCUT2D eigenvalue weighted by molar-refractivity contribution is 6.14. The van der Waals surface area contributed by atoms with Gasteiger partial charge >= 0.3 is 0 Å². The van der Waals surface area contributed by atoms with E-state index in [4.69, 9.17) is 4.74 Å². The summed E-state index contributed by atoms with van der Waals surface area (Å²) in [4.78, 5) is 15.6. The lowest BCUT2D eigenvalue weighted by atomic mass is 9.93. The van der Waals surface area contributed by atoms with Crippen LogP contribution in [-0.4, -0.2) is 48.0 Å². The minimum Gasteiger partial charge on any atom is -0.478 e. The van der Waals surface area contributed by atoms with Crippen LogP contribution >= 0.6 is 0 Å². The zero-order valence-corrected chi connectivity index (χ0v) is 15.1. The quantitative estimate of drug-likeness (QED) is 0.630. The molecule has 28 heavy (non-hydrogen) atoms. The molecule has 2 heterocycles. The van der Waals surface area contributed by atoms with Crippen LogP contribution in [0.15, 0.2) is 53.7 Å². The van der Waals surface area contributed by atoms with Gasteiger partial charge in [0.15, 0.2) is 5.60 Å². The van der Waals surface area contributed by atoms with E-state index >= 15 is 0 Å². The second-order valence-electron chi connectivity index (χ2n) is 7.48. The minimum atomic E-state index is -1.00. The Kier molecular flexibility index (Phi) is 3.87. The maximum atomic E-state index is 13.6. The molecular formula is C21H20FN3O3. The van der Waals surface area contributed by atoms with Crippen molar-refractivity contribution in [2.45, 2.75) is 18.1 Å². The molecule has 0 spiro atoms. The number of ether oxygens (including phenoxy) is 1. The summed E-state index contributed by atoms with van der Waals surface area (Å²) in [6.07, 6.45) is 0.494. The third-order valence-corrected chi connectivity index (χ3v) is 5.92. The number of oxime groups is 1. The van der Waals surface area contributed by atoms with Crippen molar-refractivity contribution in [2.24, 2.45) is 11.1 Å². The fourth-order valence-electron chi connectivity index (χ4n) is 4.43. The van der Waals surface area contributed by atoms with Crippen LogP contribution in [0.4, 0.5) is 10.1 Å². The van der Waals surface area contributed by atoms with Crippen LogP contribution in [0.2, 0.25) is 0 Å². The van der Waals surface area contributed by atoms with Crippen molar-refractivity contribution in [3.8, 4) is 5.75 Å². The van der Waals surface area contributed by atoms with Gasteiger partial charge in [0.05, 0.1) is 11.6 Å². The molecule has 144 valence electrons. The first-order valence-corrected chi connectivity index (χ1v) is 9.41. The second-order valence-corrected chi connectivity index (χ2v) is 7.48. The minimum absolute atomic E-state index is 0.0373. The van der Waals surface area contributed by atoms with Gasteiger partial charge in [-0.25, -0.2) is 4.39 Å². The molecule has 3 aliphatic rings. The molecule has 3 unspecified atom stereocenters. The Morgan fingerprint density at radius 1 is 1.25 bits per heavy atom. The molecule has 0 bridgehead atoms. The molecule has 1 saturated carbocycles. The Morgan fingerprint density at radius 2 is 2.04 bits per heavy atom. The molecule has 0 amide bonds. The van der Waals surface area contributed by atoms with E-state index in [1.54, 1.807) is 18.2 Å². The molecule has 2 aromatic rings. The van der Waals surface area contributed by atoms with Gasteiger partial charge in [0.1, 0.15) is 17.6 Å². The number of para-hydroxylation sites is 1. The van der Waals surface area contributed by atoms with Crippen molar-refractivity contribution in [1.82, 2.24) is 5.32 Å². The first kappa shape index (κ1) is 17.2. The predicted octanol–water partition coefficient (Wildman–Crippen LogP) is 2.20. The number of Topliss-reactive ketones (excluding diaryl/α,β-unsaturated/α-hetero) is 1. The summed E-state index contributed by atoms with van der Waals surface area (Å²) in [6.45, 7) is 1.87. The molecule has 6 nitrogen and oxygen atoms in total. The van der Waals surface area contributed by atoms with E-state index in [-0.39, 0.29) is 17.5 Å². The number of rotatable bonds is 3. The van der Waals surface area contributed by atoms with Gasteiger partial charge in [0.25, 0.3) is 0 Å². The van der Waals surface area contributed by atoms with Gasteiger partial charge in [-0.1, -0.05) is 17.3 Å². The van der Waals surface area contributed by atoms with E-state index in [0.717, 1.165) is 17.8 Å². The Bertz CT molecular complexity index is 962. The van der Waals surface area contributed by atoms with Crippen molar-refractivity contribution in [2.75, 3.05) is 24.5 Å². The molecule has 2 aliphatic heterocycles. The number of fused-ring (bicyclic) bond motifs is 2. The lowest BCUT2D eigenvalue weighted by Crippen LogP contribution is -2.59. The van der Waals surface area contributed by atoms with Gasteiger partial charge in [0, 0.05) is 37.3 Å². The summed E-state index contributed by atoms with van der Waals surface area (Å²) in [5, 5.41) is 16.3. The fraction of sp³-hybridized carbons (Fsp3) is 0.333. The van der Waals surface area contributed by atoms with E-state index in [0.29, 0.717) is 31.0 Å². The average Bonchev–Trinajstić information content (AvgIpc) is 3.47. The van der Waals surface area contributed by atoms with Crippen LogP contribution < -0.4 is 15.0 Å². The van der Waals surface area contributed by atoms with Gasteiger partial charge in [-0.15, -0.1) is 0 Å². The molecule has 2 N–H and O–H groups in total. The number of hydrogen-bond donors (Lipinski definition) is 2. The molecule has 1 saturated heterocycles.